The molecule has 12 heteroatoms. The minimum absolute atomic E-state index is 0.0486. The van der Waals surface area contributed by atoms with Gasteiger partial charge < -0.3 is 9.30 Å². The first kappa shape index (κ1) is 22.3. The smallest absolute Gasteiger partial charge is 0.374 e. The average Bonchev–Trinajstić information content (AvgIpc) is 3.42. The lowest BCUT2D eigenvalue weighted by molar-refractivity contribution is -0.141. The minimum atomic E-state index is -1.71. The summed E-state index contributed by atoms with van der Waals surface area (Å²) in [7, 11) is 0. The van der Waals surface area contributed by atoms with E-state index in [1.54, 1.807) is 12.3 Å². The number of fused-ring (bicyclic) bond motifs is 1. The van der Waals surface area contributed by atoms with Gasteiger partial charge in [0, 0.05) is 24.5 Å². The number of hydrogen-bond acceptors (Lipinski definition) is 8. The zero-order valence-electron chi connectivity index (χ0n) is 19.0. The van der Waals surface area contributed by atoms with Crippen LogP contribution < -0.4 is 5.76 Å². The molecule has 2 aliphatic rings. The number of imidazole rings is 1. The summed E-state index contributed by atoms with van der Waals surface area (Å²) in [5.74, 6) is 0.756. The molecule has 1 saturated carbocycles. The Morgan fingerprint density at radius 3 is 2.66 bits per heavy atom. The van der Waals surface area contributed by atoms with Crippen LogP contribution in [-0.4, -0.2) is 47.9 Å². The summed E-state index contributed by atoms with van der Waals surface area (Å²) in [6.07, 6.45) is 7.55. The zero-order chi connectivity index (χ0) is 24.2. The quantitative estimate of drug-likeness (QED) is 0.438. The maximum Gasteiger partial charge on any atom is 0.439 e. The Balaban J connectivity index is 1.58. The Morgan fingerprint density at radius 1 is 1.20 bits per heavy atom. The molecule has 0 amide bonds. The number of nitrogens with zero attached hydrogens (tertiary/aromatic N) is 6. The van der Waals surface area contributed by atoms with Gasteiger partial charge in [0.25, 0.3) is 0 Å². The number of aromatic nitrogens is 7. The first-order valence-corrected chi connectivity index (χ1v) is 12.0. The van der Waals surface area contributed by atoms with Crippen LogP contribution >= 0.6 is 11.6 Å². The van der Waals surface area contributed by atoms with Crippen molar-refractivity contribution >= 4 is 22.8 Å². The molecule has 0 spiro atoms. The number of nitrogens with one attached hydrogen (secondary N) is 1. The maximum absolute atomic E-state index is 15.8. The molecule has 4 aromatic rings. The third-order valence-corrected chi connectivity index (χ3v) is 7.08. The monoisotopic (exact) mass is 499 g/mol. The number of ether oxygens (including phenoxy) is 1. The third-order valence-electron chi connectivity index (χ3n) is 6.87. The Labute approximate surface area is 203 Å². The van der Waals surface area contributed by atoms with Crippen molar-refractivity contribution in [3.63, 3.8) is 0 Å². The average molecular weight is 500 g/mol. The number of pyridine rings is 1. The van der Waals surface area contributed by atoms with Crippen LogP contribution in [-0.2, 0) is 17.0 Å². The Morgan fingerprint density at radius 2 is 2.00 bits per heavy atom. The molecule has 0 atom stereocenters. The van der Waals surface area contributed by atoms with Crippen LogP contribution in [0.25, 0.3) is 34.1 Å². The lowest BCUT2D eigenvalue weighted by atomic mass is 9.83. The molecule has 182 valence electrons. The summed E-state index contributed by atoms with van der Waals surface area (Å²) < 4.78 is 27.6. The van der Waals surface area contributed by atoms with Gasteiger partial charge >= 0.3 is 5.76 Å². The Bertz CT molecular complexity index is 1450. The molecular formula is C23H23ClFN7O3. The van der Waals surface area contributed by atoms with Gasteiger partial charge in [-0.05, 0) is 30.7 Å². The van der Waals surface area contributed by atoms with Gasteiger partial charge in [-0.25, -0.2) is 24.1 Å². The van der Waals surface area contributed by atoms with Crippen LogP contribution in [0.15, 0.2) is 27.8 Å². The van der Waals surface area contributed by atoms with Crippen molar-refractivity contribution < 1.29 is 13.7 Å². The minimum Gasteiger partial charge on any atom is -0.374 e. The third kappa shape index (κ3) is 4.02. The molecule has 1 saturated heterocycles. The molecule has 0 unspecified atom stereocenters. The highest BCUT2D eigenvalue weighted by molar-refractivity contribution is 6.30. The van der Waals surface area contributed by atoms with Gasteiger partial charge in [0.15, 0.2) is 11.5 Å². The van der Waals surface area contributed by atoms with Crippen LogP contribution in [0.1, 0.15) is 38.4 Å². The summed E-state index contributed by atoms with van der Waals surface area (Å²) in [6, 6.07) is 1.72. The fraction of sp³-hybridized carbons (Fsp3) is 0.478. The fourth-order valence-electron chi connectivity index (χ4n) is 4.91. The highest BCUT2D eigenvalue weighted by Crippen LogP contribution is 2.39. The predicted octanol–water partition coefficient (Wildman–Crippen LogP) is 3.91. The van der Waals surface area contributed by atoms with Gasteiger partial charge in [-0.1, -0.05) is 36.5 Å². The van der Waals surface area contributed by atoms with Crippen molar-refractivity contribution in [3.05, 3.63) is 39.9 Å². The van der Waals surface area contributed by atoms with Crippen molar-refractivity contribution in [1.29, 1.82) is 0 Å². The lowest BCUT2D eigenvalue weighted by Crippen LogP contribution is -2.45. The van der Waals surface area contributed by atoms with Gasteiger partial charge in [0.05, 0.1) is 18.2 Å². The molecule has 2 fully saturated rings. The van der Waals surface area contributed by atoms with E-state index in [-0.39, 0.29) is 36.3 Å². The summed E-state index contributed by atoms with van der Waals surface area (Å²) in [6.45, 7) is 2.73. The number of alkyl halides is 1. The topological polar surface area (TPSA) is 125 Å². The van der Waals surface area contributed by atoms with Crippen molar-refractivity contribution in [1.82, 2.24) is 34.6 Å². The van der Waals surface area contributed by atoms with E-state index in [1.807, 2.05) is 4.57 Å². The zero-order valence-corrected chi connectivity index (χ0v) is 19.8. The van der Waals surface area contributed by atoms with Crippen molar-refractivity contribution in [2.75, 3.05) is 13.2 Å². The Kier molecular flexibility index (Phi) is 5.41. The van der Waals surface area contributed by atoms with Crippen LogP contribution in [0.2, 0.25) is 5.02 Å². The molecule has 1 N–H and O–H groups in total. The molecule has 10 nitrogen and oxygen atoms in total. The van der Waals surface area contributed by atoms with Crippen LogP contribution in [0, 0.1) is 11.8 Å². The summed E-state index contributed by atoms with van der Waals surface area (Å²) in [5, 5.41) is 4.14. The van der Waals surface area contributed by atoms with Crippen molar-refractivity contribution in [2.24, 2.45) is 11.8 Å². The summed E-state index contributed by atoms with van der Waals surface area (Å²) >= 11 is 6.24. The molecule has 6 rings (SSSR count). The second kappa shape index (κ2) is 8.49. The standard InChI is InChI=1S/C23H23ClFN7O3/c1-12-2-4-13(5-3-12)9-32-17-16(14-6-15(24)8-26-7-14)27-19(20-30-22(33)35-31-20)28-18(17)29-21(32)23(25)10-34-11-23/h6-8,12-13H,2-5,9-11H2,1H3,(H,30,31,33)/t12-,13-. The number of H-pyrrole nitrogens is 1. The van der Waals surface area contributed by atoms with E-state index in [9.17, 15) is 4.79 Å². The van der Waals surface area contributed by atoms with Gasteiger partial charge in [0.2, 0.25) is 17.3 Å². The van der Waals surface area contributed by atoms with E-state index < -0.39 is 11.4 Å². The molecule has 1 aliphatic carbocycles. The summed E-state index contributed by atoms with van der Waals surface area (Å²) in [4.78, 5) is 32.1. The van der Waals surface area contributed by atoms with Crippen LogP contribution in [0.4, 0.5) is 4.39 Å². The second-order valence-corrected chi connectivity index (χ2v) is 9.97. The van der Waals surface area contributed by atoms with Crippen LogP contribution in [0.3, 0.4) is 0 Å². The van der Waals surface area contributed by atoms with E-state index in [2.05, 4.69) is 41.5 Å². The normalized spacial score (nSPS) is 21.8. The molecule has 1 aliphatic heterocycles. The van der Waals surface area contributed by atoms with E-state index in [1.165, 1.54) is 6.20 Å². The molecule has 0 radical (unpaired) electrons. The molecule has 35 heavy (non-hydrogen) atoms. The summed E-state index contributed by atoms with van der Waals surface area (Å²) in [5.41, 5.74) is 0.239. The van der Waals surface area contributed by atoms with Crippen molar-refractivity contribution in [3.8, 4) is 22.9 Å². The predicted molar refractivity (Wildman–Crippen MR) is 124 cm³/mol. The number of halogens is 2. The number of rotatable bonds is 5. The van der Waals surface area contributed by atoms with E-state index in [0.717, 1.165) is 25.7 Å². The fourth-order valence-corrected chi connectivity index (χ4v) is 5.08. The van der Waals surface area contributed by atoms with E-state index in [4.69, 9.17) is 16.3 Å². The van der Waals surface area contributed by atoms with Crippen LogP contribution in [0.5, 0.6) is 0 Å². The lowest BCUT2D eigenvalue weighted by Gasteiger charge is -2.34. The van der Waals surface area contributed by atoms with Gasteiger partial charge in [-0.3, -0.25) is 14.5 Å². The molecular weight excluding hydrogens is 477 g/mol. The number of aromatic amines is 1. The SMILES string of the molecule is C[C@H]1CC[C@H](Cn2c(C3(F)COC3)nc3nc(-c4noc(=O)[nH]4)nc(-c4cncc(Cl)c4)c32)CC1. The van der Waals surface area contributed by atoms with Gasteiger partial charge in [-0.2, -0.15) is 0 Å². The maximum atomic E-state index is 15.8. The van der Waals surface area contributed by atoms with Gasteiger partial charge in [0.1, 0.15) is 11.2 Å². The molecule has 0 bridgehead atoms. The first-order valence-electron chi connectivity index (χ1n) is 11.6. The first-order chi connectivity index (χ1) is 16.9. The van der Waals surface area contributed by atoms with Gasteiger partial charge in [-0.15, -0.1) is 0 Å². The molecule has 0 aromatic carbocycles. The van der Waals surface area contributed by atoms with Crippen molar-refractivity contribution in [2.45, 2.75) is 44.8 Å². The molecule has 4 aromatic heterocycles. The number of hydrogen-bond donors (Lipinski definition) is 1. The van der Waals surface area contributed by atoms with E-state index in [0.29, 0.717) is 40.2 Å². The highest BCUT2D eigenvalue weighted by Gasteiger charge is 2.46. The Hall–Kier alpha value is -3.18. The second-order valence-electron chi connectivity index (χ2n) is 9.53. The highest BCUT2D eigenvalue weighted by atomic mass is 35.5. The van der Waals surface area contributed by atoms with E-state index >= 15 is 4.39 Å². The molecule has 5 heterocycles. The largest absolute Gasteiger partial charge is 0.439 e.